The van der Waals surface area contributed by atoms with E-state index in [0.29, 0.717) is 11.0 Å². The van der Waals surface area contributed by atoms with Gasteiger partial charge in [0.25, 0.3) is 0 Å². The Hall–Kier alpha value is -3.58. The highest BCUT2D eigenvalue weighted by Gasteiger charge is 2.14. The van der Waals surface area contributed by atoms with Crippen LogP contribution in [0.1, 0.15) is 0 Å². The van der Waals surface area contributed by atoms with Crippen LogP contribution in [-0.4, -0.2) is 26.5 Å². The van der Waals surface area contributed by atoms with Gasteiger partial charge in [0.1, 0.15) is 0 Å². The predicted molar refractivity (Wildman–Crippen MR) is 117 cm³/mol. The topological polar surface area (TPSA) is 85.8 Å². The summed E-state index contributed by atoms with van der Waals surface area (Å²) in [5, 5.41) is 11.7. The summed E-state index contributed by atoms with van der Waals surface area (Å²) < 4.78 is 1.41. The van der Waals surface area contributed by atoms with Crippen LogP contribution in [-0.2, 0) is 4.79 Å². The number of nitrogens with one attached hydrogen (secondary N) is 1. The molecule has 1 aromatic heterocycles. The number of nitrogen functional groups attached to an aromatic ring is 1. The molecule has 1 heterocycles. The monoisotopic (exact) mass is 401 g/mol. The molecule has 0 saturated heterocycles. The summed E-state index contributed by atoms with van der Waals surface area (Å²) in [4.78, 5) is 12.5. The normalized spacial score (nSPS) is 10.6. The molecule has 4 aromatic rings. The van der Waals surface area contributed by atoms with Crippen molar-refractivity contribution in [2.75, 3.05) is 16.9 Å². The highest BCUT2D eigenvalue weighted by Crippen LogP contribution is 2.28. The lowest BCUT2D eigenvalue weighted by Crippen LogP contribution is -2.16. The second kappa shape index (κ2) is 8.62. The Morgan fingerprint density at radius 2 is 1.48 bits per heavy atom. The van der Waals surface area contributed by atoms with Gasteiger partial charge < -0.3 is 11.2 Å². The van der Waals surface area contributed by atoms with Crippen LogP contribution >= 0.6 is 11.8 Å². The van der Waals surface area contributed by atoms with Gasteiger partial charge in [-0.3, -0.25) is 4.79 Å². The summed E-state index contributed by atoms with van der Waals surface area (Å²) in [5.74, 6) is 6.71. The van der Waals surface area contributed by atoms with Gasteiger partial charge in [-0.2, -0.15) is 0 Å². The SMILES string of the molecule is Nn1c(SCC(=O)Nc2ccccc2-c2ccccc2)nnc1-c1ccccc1. The van der Waals surface area contributed by atoms with E-state index in [2.05, 4.69) is 15.5 Å². The van der Waals surface area contributed by atoms with Gasteiger partial charge in [-0.05, 0) is 11.6 Å². The predicted octanol–water partition coefficient (Wildman–Crippen LogP) is 4.06. The van der Waals surface area contributed by atoms with Crippen molar-refractivity contribution in [1.29, 1.82) is 0 Å². The minimum absolute atomic E-state index is 0.136. The van der Waals surface area contributed by atoms with E-state index in [1.54, 1.807) is 0 Å². The summed E-state index contributed by atoms with van der Waals surface area (Å²) in [6.07, 6.45) is 0. The van der Waals surface area contributed by atoms with E-state index in [9.17, 15) is 4.79 Å². The van der Waals surface area contributed by atoms with E-state index in [1.807, 2.05) is 84.9 Å². The molecule has 6 nitrogen and oxygen atoms in total. The maximum atomic E-state index is 12.5. The molecule has 4 rings (SSSR count). The van der Waals surface area contributed by atoms with E-state index >= 15 is 0 Å². The lowest BCUT2D eigenvalue weighted by atomic mass is 10.0. The van der Waals surface area contributed by atoms with E-state index in [1.165, 1.54) is 16.4 Å². The molecule has 0 fully saturated rings. The summed E-state index contributed by atoms with van der Waals surface area (Å²) in [7, 11) is 0. The summed E-state index contributed by atoms with van der Waals surface area (Å²) in [6, 6.07) is 27.3. The number of nitrogens with two attached hydrogens (primary N) is 1. The first-order valence-corrected chi connectivity index (χ1v) is 10.0. The lowest BCUT2D eigenvalue weighted by molar-refractivity contribution is -0.113. The van der Waals surface area contributed by atoms with Gasteiger partial charge in [0.05, 0.1) is 5.75 Å². The van der Waals surface area contributed by atoms with Crippen molar-refractivity contribution in [1.82, 2.24) is 14.9 Å². The number of hydrogen-bond acceptors (Lipinski definition) is 5. The van der Waals surface area contributed by atoms with E-state index in [-0.39, 0.29) is 11.7 Å². The fourth-order valence-electron chi connectivity index (χ4n) is 2.94. The highest BCUT2D eigenvalue weighted by molar-refractivity contribution is 7.99. The quantitative estimate of drug-likeness (QED) is 0.376. The number of para-hydroxylation sites is 1. The van der Waals surface area contributed by atoms with Crippen LogP contribution in [0.15, 0.2) is 90.1 Å². The molecular formula is C22H19N5OS. The number of amides is 1. The summed E-state index contributed by atoms with van der Waals surface area (Å²) >= 11 is 1.24. The molecular weight excluding hydrogens is 382 g/mol. The van der Waals surface area contributed by atoms with Gasteiger partial charge in [-0.15, -0.1) is 10.2 Å². The molecule has 0 atom stereocenters. The first-order valence-electron chi connectivity index (χ1n) is 9.05. The van der Waals surface area contributed by atoms with E-state index in [4.69, 9.17) is 5.84 Å². The van der Waals surface area contributed by atoms with Crippen LogP contribution in [0, 0.1) is 0 Å². The number of thioether (sulfide) groups is 1. The first kappa shape index (κ1) is 18.8. The van der Waals surface area contributed by atoms with Crippen molar-refractivity contribution in [2.24, 2.45) is 0 Å². The van der Waals surface area contributed by atoms with Gasteiger partial charge in [0.15, 0.2) is 5.82 Å². The molecule has 0 aliphatic heterocycles. The molecule has 3 aromatic carbocycles. The molecule has 29 heavy (non-hydrogen) atoms. The van der Waals surface area contributed by atoms with Crippen molar-refractivity contribution in [3.8, 4) is 22.5 Å². The minimum Gasteiger partial charge on any atom is -0.335 e. The summed E-state index contributed by atoms with van der Waals surface area (Å²) in [5.41, 5.74) is 3.66. The fourth-order valence-corrected chi connectivity index (χ4v) is 3.59. The number of aromatic nitrogens is 3. The van der Waals surface area contributed by atoms with Crippen molar-refractivity contribution < 1.29 is 4.79 Å². The van der Waals surface area contributed by atoms with Crippen LogP contribution in [0.4, 0.5) is 5.69 Å². The van der Waals surface area contributed by atoms with Crippen LogP contribution < -0.4 is 11.2 Å². The van der Waals surface area contributed by atoms with Crippen molar-refractivity contribution in [3.05, 3.63) is 84.9 Å². The first-order chi connectivity index (χ1) is 14.2. The number of anilines is 1. The molecule has 0 saturated carbocycles. The number of carbonyl (C=O) groups is 1. The lowest BCUT2D eigenvalue weighted by Gasteiger charge is -2.11. The Bertz CT molecular complexity index is 1110. The zero-order chi connectivity index (χ0) is 20.1. The molecule has 0 bridgehead atoms. The fraction of sp³-hybridized carbons (Fsp3) is 0.0455. The van der Waals surface area contributed by atoms with Gasteiger partial charge >= 0.3 is 0 Å². The van der Waals surface area contributed by atoms with Crippen molar-refractivity contribution in [2.45, 2.75) is 5.16 Å². The molecule has 0 spiro atoms. The Labute approximate surface area is 172 Å². The molecule has 144 valence electrons. The van der Waals surface area contributed by atoms with Crippen molar-refractivity contribution >= 4 is 23.4 Å². The third-order valence-electron chi connectivity index (χ3n) is 4.31. The Morgan fingerprint density at radius 1 is 0.862 bits per heavy atom. The van der Waals surface area contributed by atoms with Crippen LogP contribution in [0.3, 0.4) is 0 Å². The van der Waals surface area contributed by atoms with Gasteiger partial charge in [-0.1, -0.05) is 90.6 Å². The molecule has 0 unspecified atom stereocenters. The van der Waals surface area contributed by atoms with E-state index in [0.717, 1.165) is 22.4 Å². The molecule has 0 radical (unpaired) electrons. The van der Waals surface area contributed by atoms with Crippen LogP contribution in [0.25, 0.3) is 22.5 Å². The number of rotatable bonds is 6. The Morgan fingerprint density at radius 3 is 2.21 bits per heavy atom. The third-order valence-corrected chi connectivity index (χ3v) is 5.26. The van der Waals surface area contributed by atoms with E-state index < -0.39 is 0 Å². The number of carbonyl (C=O) groups excluding carboxylic acids is 1. The molecule has 0 aliphatic rings. The molecule has 1 amide bonds. The zero-order valence-electron chi connectivity index (χ0n) is 15.5. The number of nitrogens with zero attached hydrogens (tertiary/aromatic N) is 3. The smallest absolute Gasteiger partial charge is 0.234 e. The van der Waals surface area contributed by atoms with Crippen LogP contribution in [0.5, 0.6) is 0 Å². The molecule has 7 heteroatoms. The second-order valence-electron chi connectivity index (χ2n) is 6.29. The van der Waals surface area contributed by atoms with Gasteiger partial charge in [0, 0.05) is 16.8 Å². The largest absolute Gasteiger partial charge is 0.335 e. The Balaban J connectivity index is 1.44. The zero-order valence-corrected chi connectivity index (χ0v) is 16.3. The summed E-state index contributed by atoms with van der Waals surface area (Å²) in [6.45, 7) is 0. The average Bonchev–Trinajstić information content (AvgIpc) is 3.14. The maximum absolute atomic E-state index is 12.5. The van der Waals surface area contributed by atoms with Crippen molar-refractivity contribution in [3.63, 3.8) is 0 Å². The number of benzene rings is 3. The standard InChI is InChI=1S/C22H19N5OS/c23-27-21(17-11-5-2-6-12-17)25-26-22(27)29-15-20(28)24-19-14-8-7-13-18(19)16-9-3-1-4-10-16/h1-14H,15,23H2,(H,24,28). The maximum Gasteiger partial charge on any atom is 0.234 e. The van der Waals surface area contributed by atoms with Crippen LogP contribution in [0.2, 0.25) is 0 Å². The second-order valence-corrected chi connectivity index (χ2v) is 7.23. The van der Waals surface area contributed by atoms with Gasteiger partial charge in [-0.25, -0.2) is 4.68 Å². The average molecular weight is 401 g/mol. The molecule has 3 N–H and O–H groups in total. The highest BCUT2D eigenvalue weighted by atomic mass is 32.2. The third kappa shape index (κ3) is 4.30. The molecule has 0 aliphatic carbocycles. The Kier molecular flexibility index (Phi) is 5.58. The minimum atomic E-state index is -0.136. The van der Waals surface area contributed by atoms with Gasteiger partial charge in [0.2, 0.25) is 11.1 Å². The number of hydrogen-bond donors (Lipinski definition) is 2.